The monoisotopic (exact) mass is 406 g/mol. The molecule has 0 aliphatic carbocycles. The van der Waals surface area contributed by atoms with Crippen molar-refractivity contribution < 1.29 is 14.3 Å². The number of thiazole rings is 1. The number of carbonyl (C=O) groups excluding carboxylic acids is 2. The Hall–Kier alpha value is -2.41. The quantitative estimate of drug-likeness (QED) is 0.488. The van der Waals surface area contributed by atoms with Crippen molar-refractivity contribution in [2.75, 3.05) is 11.9 Å². The van der Waals surface area contributed by atoms with E-state index in [0.717, 1.165) is 10.2 Å². The first-order valence-corrected chi connectivity index (χ1v) is 9.04. The molecule has 3 rings (SSSR count). The molecule has 0 fully saturated rings. The van der Waals surface area contributed by atoms with Gasteiger partial charge in [-0.3, -0.25) is 4.79 Å². The maximum absolute atomic E-state index is 11.8. The maximum atomic E-state index is 11.8. The Morgan fingerprint density at radius 2 is 1.96 bits per heavy atom. The number of fused-ring (bicyclic) bond motifs is 1. The molecule has 0 bridgehead atoms. The molecule has 0 saturated carbocycles. The first kappa shape index (κ1) is 18.4. The van der Waals surface area contributed by atoms with Gasteiger partial charge in [-0.1, -0.05) is 41.4 Å². The summed E-state index contributed by atoms with van der Waals surface area (Å²) in [6, 6.07) is 12.5. The molecule has 5 nitrogen and oxygen atoms in total. The number of halogens is 2. The summed E-state index contributed by atoms with van der Waals surface area (Å²) >= 11 is 13.3. The number of hydrogen-bond donors (Lipinski definition) is 1. The summed E-state index contributed by atoms with van der Waals surface area (Å²) in [6.45, 7) is -0.439. The molecular weight excluding hydrogens is 395 g/mol. The largest absolute Gasteiger partial charge is 0.452 e. The molecule has 1 aromatic heterocycles. The van der Waals surface area contributed by atoms with Crippen LogP contribution in [0.3, 0.4) is 0 Å². The molecule has 0 unspecified atom stereocenters. The van der Waals surface area contributed by atoms with E-state index in [1.165, 1.54) is 17.4 Å². The van der Waals surface area contributed by atoms with Gasteiger partial charge < -0.3 is 10.1 Å². The molecule has 0 aliphatic heterocycles. The van der Waals surface area contributed by atoms with Crippen LogP contribution in [-0.2, 0) is 14.3 Å². The molecule has 0 atom stereocenters. The van der Waals surface area contributed by atoms with Crippen LogP contribution in [0.15, 0.2) is 48.5 Å². The van der Waals surface area contributed by atoms with Crippen molar-refractivity contribution in [3.63, 3.8) is 0 Å². The summed E-state index contributed by atoms with van der Waals surface area (Å²) < 4.78 is 5.93. The van der Waals surface area contributed by atoms with Crippen molar-refractivity contribution in [2.45, 2.75) is 0 Å². The number of nitrogens with zero attached hydrogens (tertiary/aromatic N) is 1. The SMILES string of the molecule is O=C(COC(=O)C=Cc1nc2ccccc2s1)Nc1cccc(Cl)c1Cl. The second-order valence-corrected chi connectivity index (χ2v) is 6.96. The van der Waals surface area contributed by atoms with Crippen molar-refractivity contribution in [3.8, 4) is 0 Å². The van der Waals surface area contributed by atoms with Crippen LogP contribution >= 0.6 is 34.5 Å². The highest BCUT2D eigenvalue weighted by molar-refractivity contribution is 7.19. The summed E-state index contributed by atoms with van der Waals surface area (Å²) in [5.41, 5.74) is 1.22. The zero-order chi connectivity index (χ0) is 18.5. The Labute approximate surface area is 163 Å². The van der Waals surface area contributed by atoms with Gasteiger partial charge in [0.25, 0.3) is 5.91 Å². The molecule has 8 heteroatoms. The van der Waals surface area contributed by atoms with E-state index in [9.17, 15) is 9.59 Å². The van der Waals surface area contributed by atoms with Crippen molar-refractivity contribution in [1.82, 2.24) is 4.98 Å². The molecule has 1 amide bonds. The number of rotatable bonds is 5. The second kappa shape index (κ2) is 8.31. The van der Waals surface area contributed by atoms with E-state index in [-0.39, 0.29) is 5.02 Å². The highest BCUT2D eigenvalue weighted by Crippen LogP contribution is 2.29. The lowest BCUT2D eigenvalue weighted by molar-refractivity contribution is -0.142. The van der Waals surface area contributed by atoms with Crippen molar-refractivity contribution in [1.29, 1.82) is 0 Å². The van der Waals surface area contributed by atoms with Crippen LogP contribution in [0.4, 0.5) is 5.69 Å². The van der Waals surface area contributed by atoms with Crippen LogP contribution in [0.5, 0.6) is 0 Å². The van der Waals surface area contributed by atoms with Gasteiger partial charge in [0.15, 0.2) is 6.61 Å². The van der Waals surface area contributed by atoms with E-state index < -0.39 is 18.5 Å². The molecule has 0 spiro atoms. The molecule has 0 aliphatic rings. The number of benzene rings is 2. The summed E-state index contributed by atoms with van der Waals surface area (Å²) in [6.07, 6.45) is 2.79. The van der Waals surface area contributed by atoms with Crippen LogP contribution in [0.25, 0.3) is 16.3 Å². The van der Waals surface area contributed by atoms with E-state index in [2.05, 4.69) is 10.3 Å². The Morgan fingerprint density at radius 3 is 2.77 bits per heavy atom. The Balaban J connectivity index is 1.53. The molecule has 1 N–H and O–H groups in total. The lowest BCUT2D eigenvalue weighted by atomic mass is 10.3. The first-order valence-electron chi connectivity index (χ1n) is 7.47. The summed E-state index contributed by atoms with van der Waals surface area (Å²) in [7, 11) is 0. The molecule has 26 heavy (non-hydrogen) atoms. The van der Waals surface area contributed by atoms with Gasteiger partial charge in [-0.2, -0.15) is 0 Å². The minimum Gasteiger partial charge on any atom is -0.452 e. The van der Waals surface area contributed by atoms with E-state index in [1.807, 2.05) is 24.3 Å². The maximum Gasteiger partial charge on any atom is 0.331 e. The number of para-hydroxylation sites is 1. The molecule has 0 saturated heterocycles. The molecular formula is C18H12Cl2N2O3S. The predicted octanol–water partition coefficient (Wildman–Crippen LogP) is 4.80. The normalized spacial score (nSPS) is 11.0. The zero-order valence-corrected chi connectivity index (χ0v) is 15.6. The summed E-state index contributed by atoms with van der Waals surface area (Å²) in [4.78, 5) is 28.0. The fourth-order valence-corrected chi connectivity index (χ4v) is 3.29. The van der Waals surface area contributed by atoms with E-state index >= 15 is 0 Å². The smallest absolute Gasteiger partial charge is 0.331 e. The van der Waals surface area contributed by atoms with Crippen LogP contribution < -0.4 is 5.32 Å². The second-order valence-electron chi connectivity index (χ2n) is 5.11. The van der Waals surface area contributed by atoms with E-state index in [0.29, 0.717) is 15.7 Å². The molecule has 0 radical (unpaired) electrons. The Kier molecular flexibility index (Phi) is 5.88. The first-order chi connectivity index (χ1) is 12.5. The summed E-state index contributed by atoms with van der Waals surface area (Å²) in [5, 5.41) is 3.76. The van der Waals surface area contributed by atoms with Gasteiger partial charge in [0.2, 0.25) is 0 Å². The van der Waals surface area contributed by atoms with E-state index in [1.54, 1.807) is 24.3 Å². The number of aromatic nitrogens is 1. The third-order valence-corrected chi connectivity index (χ3v) is 5.06. The Morgan fingerprint density at radius 1 is 1.15 bits per heavy atom. The van der Waals surface area contributed by atoms with Gasteiger partial charge in [0.05, 0.1) is 25.9 Å². The number of amides is 1. The van der Waals surface area contributed by atoms with E-state index in [4.69, 9.17) is 27.9 Å². The number of ether oxygens (including phenoxy) is 1. The van der Waals surface area contributed by atoms with Gasteiger partial charge in [0.1, 0.15) is 5.01 Å². The number of esters is 1. The van der Waals surface area contributed by atoms with Gasteiger partial charge in [-0.25, -0.2) is 9.78 Å². The highest BCUT2D eigenvalue weighted by Gasteiger charge is 2.10. The fraction of sp³-hybridized carbons (Fsp3) is 0.0556. The summed E-state index contributed by atoms with van der Waals surface area (Å²) in [5.74, 6) is -1.16. The third kappa shape index (κ3) is 4.60. The Bertz CT molecular complexity index is 968. The number of nitrogens with one attached hydrogen (secondary N) is 1. The van der Waals surface area contributed by atoms with Crippen LogP contribution in [0, 0.1) is 0 Å². The molecule has 3 aromatic rings. The van der Waals surface area contributed by atoms with Crippen LogP contribution in [-0.4, -0.2) is 23.5 Å². The molecule has 1 heterocycles. The standard InChI is InChI=1S/C18H12Cl2N2O3S/c19-11-4-3-6-13(18(11)20)21-15(23)10-25-17(24)9-8-16-22-12-5-1-2-7-14(12)26-16/h1-9H,10H2,(H,21,23). The third-order valence-electron chi connectivity index (χ3n) is 3.24. The minimum atomic E-state index is -0.642. The average Bonchev–Trinajstić information content (AvgIpc) is 3.05. The van der Waals surface area contributed by atoms with Crippen molar-refractivity contribution in [3.05, 3.63) is 63.6 Å². The average molecular weight is 407 g/mol. The van der Waals surface area contributed by atoms with Crippen LogP contribution in [0.2, 0.25) is 10.0 Å². The molecule has 132 valence electrons. The predicted molar refractivity (Wildman–Crippen MR) is 105 cm³/mol. The topological polar surface area (TPSA) is 68.3 Å². The van der Waals surface area contributed by atoms with Gasteiger partial charge >= 0.3 is 5.97 Å². The number of carbonyl (C=O) groups is 2. The zero-order valence-electron chi connectivity index (χ0n) is 13.2. The lowest BCUT2D eigenvalue weighted by Gasteiger charge is -2.07. The number of anilines is 1. The number of hydrogen-bond acceptors (Lipinski definition) is 5. The van der Waals surface area contributed by atoms with Gasteiger partial charge in [-0.05, 0) is 30.3 Å². The van der Waals surface area contributed by atoms with Gasteiger partial charge in [-0.15, -0.1) is 11.3 Å². The highest BCUT2D eigenvalue weighted by atomic mass is 35.5. The van der Waals surface area contributed by atoms with Crippen molar-refractivity contribution >= 4 is 68.4 Å². The lowest BCUT2D eigenvalue weighted by Crippen LogP contribution is -2.20. The molecule has 2 aromatic carbocycles. The van der Waals surface area contributed by atoms with Crippen molar-refractivity contribution in [2.24, 2.45) is 0 Å². The van der Waals surface area contributed by atoms with Crippen LogP contribution in [0.1, 0.15) is 5.01 Å². The fourth-order valence-electron chi connectivity index (χ4n) is 2.07. The van der Waals surface area contributed by atoms with Gasteiger partial charge in [0, 0.05) is 6.08 Å². The minimum absolute atomic E-state index is 0.226.